The quantitative estimate of drug-likeness (QED) is 0.479. The van der Waals surface area contributed by atoms with Gasteiger partial charge >= 0.3 is 6.01 Å². The Hall–Kier alpha value is -3.59. The zero-order valence-electron chi connectivity index (χ0n) is 18.4. The van der Waals surface area contributed by atoms with E-state index in [0.29, 0.717) is 17.5 Å². The predicted octanol–water partition coefficient (Wildman–Crippen LogP) is 3.46. The minimum absolute atomic E-state index is 0.0684. The molecule has 1 aliphatic rings. The number of pyridine rings is 1. The average molecular weight is 435 g/mol. The molecule has 9 heteroatoms. The van der Waals surface area contributed by atoms with Crippen LogP contribution in [0.2, 0.25) is 0 Å². The molecule has 0 aliphatic carbocycles. The Labute approximate surface area is 185 Å². The minimum Gasteiger partial charge on any atom is -0.467 e. The molecule has 166 valence electrons. The fourth-order valence-electron chi connectivity index (χ4n) is 3.49. The number of nitrogens with zero attached hydrogens (tertiary/aromatic N) is 5. The third kappa shape index (κ3) is 5.17. The molecule has 9 nitrogen and oxygen atoms in total. The molecule has 1 N–H and O–H groups in total. The van der Waals surface area contributed by atoms with E-state index in [1.54, 1.807) is 32.6 Å². The van der Waals surface area contributed by atoms with Crippen molar-refractivity contribution in [2.45, 2.75) is 26.8 Å². The van der Waals surface area contributed by atoms with Crippen molar-refractivity contribution in [3.63, 3.8) is 0 Å². The number of hydrogen-bond acceptors (Lipinski definition) is 7. The van der Waals surface area contributed by atoms with Crippen molar-refractivity contribution in [1.82, 2.24) is 29.7 Å². The molecule has 1 atom stereocenters. The number of fused-ring (bicyclic) bond motifs is 1. The van der Waals surface area contributed by atoms with Crippen molar-refractivity contribution in [3.05, 3.63) is 54.2 Å². The molecule has 1 unspecified atom stereocenters. The van der Waals surface area contributed by atoms with Crippen LogP contribution < -0.4 is 4.74 Å². The van der Waals surface area contributed by atoms with Crippen molar-refractivity contribution < 1.29 is 14.3 Å². The monoisotopic (exact) mass is 434 g/mol. The summed E-state index contributed by atoms with van der Waals surface area (Å²) in [7, 11) is 1.55. The van der Waals surface area contributed by atoms with Crippen LogP contribution in [0.3, 0.4) is 0 Å². The number of ketones is 1. The van der Waals surface area contributed by atoms with Gasteiger partial charge in [0.25, 0.3) is 0 Å². The normalized spacial score (nSPS) is 15.4. The van der Waals surface area contributed by atoms with E-state index < -0.39 is 0 Å². The Kier molecular flexibility index (Phi) is 6.55. The van der Waals surface area contributed by atoms with Gasteiger partial charge < -0.3 is 14.5 Å². The molecule has 0 radical (unpaired) electrons. The van der Waals surface area contributed by atoms with Crippen LogP contribution in [0.4, 0.5) is 0 Å². The Morgan fingerprint density at radius 2 is 2.19 bits per heavy atom. The lowest BCUT2D eigenvalue weighted by Gasteiger charge is -2.06. The molecule has 4 aromatic heterocycles. The Morgan fingerprint density at radius 3 is 2.91 bits per heavy atom. The summed E-state index contributed by atoms with van der Waals surface area (Å²) in [5.74, 6) is 0.619. The van der Waals surface area contributed by atoms with Crippen LogP contribution in [0.25, 0.3) is 22.3 Å². The maximum absolute atomic E-state index is 11.0. The molecule has 1 fully saturated rings. The topological polar surface area (TPSA) is 108 Å². The first-order valence-electron chi connectivity index (χ1n) is 10.5. The van der Waals surface area contributed by atoms with Crippen LogP contribution in [-0.2, 0) is 11.3 Å². The molecule has 32 heavy (non-hydrogen) atoms. The third-order valence-corrected chi connectivity index (χ3v) is 5.24. The molecule has 0 spiro atoms. The second-order valence-electron chi connectivity index (χ2n) is 7.76. The molecular weight excluding hydrogens is 408 g/mol. The Balaban J connectivity index is 0.000000158. The highest BCUT2D eigenvalue weighted by Crippen LogP contribution is 2.23. The number of aromatic nitrogens is 6. The lowest BCUT2D eigenvalue weighted by molar-refractivity contribution is 0.101. The molecule has 0 aromatic carbocycles. The number of rotatable bonds is 5. The number of methoxy groups -OCH3 is 1. The summed E-state index contributed by atoms with van der Waals surface area (Å²) in [5.41, 5.74) is 4.45. The van der Waals surface area contributed by atoms with Gasteiger partial charge in [-0.25, -0.2) is 4.98 Å². The molecule has 5 rings (SSSR count). The summed E-state index contributed by atoms with van der Waals surface area (Å²) in [6, 6.07) is 6.23. The van der Waals surface area contributed by atoms with E-state index in [4.69, 9.17) is 9.47 Å². The first-order valence-corrected chi connectivity index (χ1v) is 10.5. The number of hydrogen-bond donors (Lipinski definition) is 1. The Bertz CT molecular complexity index is 1210. The maximum atomic E-state index is 11.0. The van der Waals surface area contributed by atoms with Gasteiger partial charge in [0.2, 0.25) is 0 Å². The van der Waals surface area contributed by atoms with Gasteiger partial charge in [0.15, 0.2) is 5.78 Å². The first kappa shape index (κ1) is 21.6. The Morgan fingerprint density at radius 1 is 1.31 bits per heavy atom. The van der Waals surface area contributed by atoms with Crippen LogP contribution in [0.5, 0.6) is 6.01 Å². The number of carbonyl (C=O) groups is 1. The molecule has 0 amide bonds. The largest absolute Gasteiger partial charge is 0.467 e. The molecule has 0 bridgehead atoms. The van der Waals surface area contributed by atoms with E-state index >= 15 is 0 Å². The van der Waals surface area contributed by atoms with E-state index in [9.17, 15) is 4.79 Å². The van der Waals surface area contributed by atoms with Gasteiger partial charge in [0.05, 0.1) is 36.9 Å². The zero-order valence-corrected chi connectivity index (χ0v) is 18.4. The first-order chi connectivity index (χ1) is 15.5. The van der Waals surface area contributed by atoms with Crippen molar-refractivity contribution in [1.29, 1.82) is 0 Å². The van der Waals surface area contributed by atoms with E-state index in [1.165, 1.54) is 0 Å². The van der Waals surface area contributed by atoms with Gasteiger partial charge in [-0.2, -0.15) is 10.1 Å². The highest BCUT2D eigenvalue weighted by molar-refractivity contribution is 5.93. The number of nitrogens with one attached hydrogen (secondary N) is 1. The number of aryl methyl sites for hydroxylation is 1. The molecule has 4 aromatic rings. The predicted molar refractivity (Wildman–Crippen MR) is 120 cm³/mol. The fraction of sp³-hybridized carbons (Fsp3) is 0.348. The van der Waals surface area contributed by atoms with E-state index in [1.807, 2.05) is 36.0 Å². The van der Waals surface area contributed by atoms with Crippen LogP contribution in [0.15, 0.2) is 43.0 Å². The second kappa shape index (κ2) is 9.69. The van der Waals surface area contributed by atoms with Crippen molar-refractivity contribution >= 4 is 16.7 Å². The highest BCUT2D eigenvalue weighted by atomic mass is 16.5. The number of aromatic amines is 1. The van der Waals surface area contributed by atoms with E-state index in [0.717, 1.165) is 54.2 Å². The number of H-pyrrole nitrogens is 1. The summed E-state index contributed by atoms with van der Waals surface area (Å²) in [6.45, 7) is 6.04. The molecule has 5 heterocycles. The zero-order chi connectivity index (χ0) is 22.5. The summed E-state index contributed by atoms with van der Waals surface area (Å²) in [5, 5.41) is 5.20. The summed E-state index contributed by atoms with van der Waals surface area (Å²) in [4.78, 5) is 26.9. The van der Waals surface area contributed by atoms with Gasteiger partial charge in [-0.3, -0.25) is 14.5 Å². The summed E-state index contributed by atoms with van der Waals surface area (Å²) in [6.07, 6.45) is 8.05. The van der Waals surface area contributed by atoms with Crippen LogP contribution in [0.1, 0.15) is 29.4 Å². The standard InChI is InChI=1S/C13H12N4O.C10H14N2O2/c1-8-5-11-9(7-15-8)6-12(16-11)10-3-4-14-13(17-10)18-2;1-8(13)10-4-11-12(6-10)5-9-2-3-14-7-9/h3-7,16H,1-2H3;4,6,9H,2-3,5,7H2,1H3. The van der Waals surface area contributed by atoms with Crippen LogP contribution in [0, 0.1) is 12.8 Å². The smallest absolute Gasteiger partial charge is 0.316 e. The van der Waals surface area contributed by atoms with Gasteiger partial charge in [-0.1, -0.05) is 0 Å². The van der Waals surface area contributed by atoms with Crippen molar-refractivity contribution in [2.75, 3.05) is 20.3 Å². The second-order valence-corrected chi connectivity index (χ2v) is 7.76. The van der Waals surface area contributed by atoms with Crippen molar-refractivity contribution in [2.24, 2.45) is 5.92 Å². The van der Waals surface area contributed by atoms with Crippen molar-refractivity contribution in [3.8, 4) is 17.4 Å². The van der Waals surface area contributed by atoms with Gasteiger partial charge in [0.1, 0.15) is 0 Å². The van der Waals surface area contributed by atoms with E-state index in [-0.39, 0.29) is 5.78 Å². The maximum Gasteiger partial charge on any atom is 0.316 e. The van der Waals surface area contributed by atoms with Crippen LogP contribution in [-0.4, -0.2) is 55.8 Å². The summed E-state index contributed by atoms with van der Waals surface area (Å²) >= 11 is 0. The van der Waals surface area contributed by atoms with Gasteiger partial charge in [0, 0.05) is 54.3 Å². The average Bonchev–Trinajstić information content (AvgIpc) is 3.55. The highest BCUT2D eigenvalue weighted by Gasteiger charge is 2.16. The third-order valence-electron chi connectivity index (χ3n) is 5.24. The number of ether oxygens (including phenoxy) is 2. The minimum atomic E-state index is 0.0684. The number of Topliss-reactive ketones (excluding diaryl/α,β-unsaturated/α-hetero) is 1. The molecule has 1 saturated heterocycles. The van der Waals surface area contributed by atoms with Gasteiger partial charge in [-0.15, -0.1) is 0 Å². The molecular formula is C23H26N6O3. The van der Waals surface area contributed by atoms with Crippen LogP contribution >= 0.6 is 0 Å². The van der Waals surface area contributed by atoms with Gasteiger partial charge in [-0.05, 0) is 38.5 Å². The lowest BCUT2D eigenvalue weighted by Crippen LogP contribution is -2.10. The lowest BCUT2D eigenvalue weighted by atomic mass is 10.1. The molecule has 1 aliphatic heterocycles. The number of carbonyl (C=O) groups excluding carboxylic acids is 1. The molecule has 0 saturated carbocycles. The SMILES string of the molecule is CC(=O)c1cnn(CC2CCOC2)c1.COc1nccc(-c2cc3cnc(C)cc3[nH]2)n1. The fourth-order valence-corrected chi connectivity index (χ4v) is 3.49. The summed E-state index contributed by atoms with van der Waals surface area (Å²) < 4.78 is 12.1. The van der Waals surface area contributed by atoms with E-state index in [2.05, 4.69) is 25.0 Å².